The normalized spacial score (nSPS) is 46.7. The van der Waals surface area contributed by atoms with Crippen molar-refractivity contribution in [3.63, 3.8) is 0 Å². The molecule has 0 radical (unpaired) electrons. The van der Waals surface area contributed by atoms with Crippen molar-refractivity contribution in [1.82, 2.24) is 0 Å². The number of hydrogen-bond acceptors (Lipinski definition) is 2. The van der Waals surface area contributed by atoms with Crippen LogP contribution < -0.4 is 0 Å². The molecule has 4 rings (SSSR count). The zero-order chi connectivity index (χ0) is 14.7. The van der Waals surface area contributed by atoms with Gasteiger partial charge in [-0.05, 0) is 74.0 Å². The SMILES string of the molecule is C=C(C)C(=O)OC(CC)C1CC2CC1C1C3C=CC(C3)C21. The maximum Gasteiger partial charge on any atom is 0.333 e. The average molecular weight is 286 g/mol. The maximum absolute atomic E-state index is 11.9. The van der Waals surface area contributed by atoms with Crippen molar-refractivity contribution in [1.29, 1.82) is 0 Å². The first-order valence-corrected chi connectivity index (χ1v) is 8.65. The lowest BCUT2D eigenvalue weighted by molar-refractivity contribution is -0.149. The Morgan fingerprint density at radius 1 is 1.24 bits per heavy atom. The molecule has 8 atom stereocenters. The van der Waals surface area contributed by atoms with Crippen LogP contribution >= 0.6 is 0 Å². The Morgan fingerprint density at radius 3 is 2.62 bits per heavy atom. The maximum atomic E-state index is 11.9. The minimum absolute atomic E-state index is 0.105. The Hall–Kier alpha value is -1.05. The van der Waals surface area contributed by atoms with Crippen molar-refractivity contribution in [2.24, 2.45) is 41.4 Å². The van der Waals surface area contributed by atoms with Gasteiger partial charge in [0.1, 0.15) is 6.10 Å². The second-order valence-electron chi connectivity index (χ2n) is 7.79. The molecule has 114 valence electrons. The second kappa shape index (κ2) is 4.72. The summed E-state index contributed by atoms with van der Waals surface area (Å²) in [5.41, 5.74) is 0.525. The number of allylic oxidation sites excluding steroid dienone is 2. The molecule has 0 spiro atoms. The zero-order valence-electron chi connectivity index (χ0n) is 13.1. The number of ether oxygens (including phenoxy) is 1. The van der Waals surface area contributed by atoms with Crippen LogP contribution in [-0.4, -0.2) is 12.1 Å². The molecular formula is C19H26O2. The summed E-state index contributed by atoms with van der Waals surface area (Å²) in [5, 5.41) is 0. The number of carbonyl (C=O) groups is 1. The van der Waals surface area contributed by atoms with Gasteiger partial charge in [0.05, 0.1) is 0 Å². The third-order valence-electron chi connectivity index (χ3n) is 6.81. The van der Waals surface area contributed by atoms with Crippen LogP contribution in [-0.2, 0) is 9.53 Å². The second-order valence-corrected chi connectivity index (χ2v) is 7.79. The van der Waals surface area contributed by atoms with Crippen LogP contribution in [0.4, 0.5) is 0 Å². The topological polar surface area (TPSA) is 26.3 Å². The average Bonchev–Trinajstić information content (AvgIpc) is 3.20. The standard InChI is InChI=1S/C19H26O2/c1-4-16(21-19(20)10(2)3)14-8-13-9-15(14)18-12-6-5-11(7-12)17(13)18/h5-6,11-18H,2,4,7-9H2,1,3H3. The van der Waals surface area contributed by atoms with Gasteiger partial charge in [-0.3, -0.25) is 0 Å². The molecule has 0 amide bonds. The molecule has 4 bridgehead atoms. The van der Waals surface area contributed by atoms with Gasteiger partial charge in [-0.25, -0.2) is 4.79 Å². The fourth-order valence-electron chi connectivity index (χ4n) is 6.21. The summed E-state index contributed by atoms with van der Waals surface area (Å²) in [6.45, 7) is 7.61. The minimum Gasteiger partial charge on any atom is -0.459 e. The van der Waals surface area contributed by atoms with E-state index in [1.165, 1.54) is 19.3 Å². The van der Waals surface area contributed by atoms with E-state index in [-0.39, 0.29) is 12.1 Å². The summed E-state index contributed by atoms with van der Waals surface area (Å²) >= 11 is 0. The molecule has 4 aliphatic carbocycles. The number of carbonyl (C=O) groups excluding carboxylic acids is 1. The van der Waals surface area contributed by atoms with E-state index >= 15 is 0 Å². The van der Waals surface area contributed by atoms with E-state index in [1.54, 1.807) is 6.92 Å². The van der Waals surface area contributed by atoms with Gasteiger partial charge in [-0.1, -0.05) is 25.7 Å². The number of esters is 1. The van der Waals surface area contributed by atoms with Gasteiger partial charge in [0.15, 0.2) is 0 Å². The van der Waals surface area contributed by atoms with Gasteiger partial charge in [-0.2, -0.15) is 0 Å². The fraction of sp³-hybridized carbons (Fsp3) is 0.737. The van der Waals surface area contributed by atoms with Crippen LogP contribution in [0.1, 0.15) is 39.5 Å². The molecule has 0 aromatic carbocycles. The lowest BCUT2D eigenvalue weighted by Gasteiger charge is -2.39. The Bertz CT molecular complexity index is 506. The molecule has 3 saturated carbocycles. The smallest absolute Gasteiger partial charge is 0.333 e. The predicted octanol–water partition coefficient (Wildman–Crippen LogP) is 3.98. The molecular weight excluding hydrogens is 260 g/mol. The highest BCUT2D eigenvalue weighted by Gasteiger charge is 2.62. The Morgan fingerprint density at radius 2 is 1.95 bits per heavy atom. The first-order chi connectivity index (χ1) is 10.1. The fourth-order valence-corrected chi connectivity index (χ4v) is 6.21. The molecule has 0 aromatic heterocycles. The number of fused-ring (bicyclic) bond motifs is 9. The van der Waals surface area contributed by atoms with E-state index in [4.69, 9.17) is 4.74 Å². The Labute approximate surface area is 127 Å². The van der Waals surface area contributed by atoms with Gasteiger partial charge < -0.3 is 4.74 Å². The van der Waals surface area contributed by atoms with Crippen molar-refractivity contribution in [2.75, 3.05) is 0 Å². The largest absolute Gasteiger partial charge is 0.459 e. The Balaban J connectivity index is 1.51. The van der Waals surface area contributed by atoms with Crippen LogP contribution in [0.5, 0.6) is 0 Å². The van der Waals surface area contributed by atoms with Crippen molar-refractivity contribution in [2.45, 2.75) is 45.6 Å². The van der Waals surface area contributed by atoms with Crippen LogP contribution in [0.15, 0.2) is 24.3 Å². The quantitative estimate of drug-likeness (QED) is 0.338. The summed E-state index contributed by atoms with van der Waals surface area (Å²) in [4.78, 5) is 11.9. The third-order valence-corrected chi connectivity index (χ3v) is 6.81. The summed E-state index contributed by atoms with van der Waals surface area (Å²) < 4.78 is 5.77. The number of hydrogen-bond donors (Lipinski definition) is 0. The lowest BCUT2D eigenvalue weighted by Crippen LogP contribution is -2.38. The molecule has 0 heterocycles. The van der Waals surface area contributed by atoms with Crippen LogP contribution in [0.2, 0.25) is 0 Å². The molecule has 2 heteroatoms. The highest BCUT2D eigenvalue weighted by Crippen LogP contribution is 2.67. The summed E-state index contributed by atoms with van der Waals surface area (Å²) in [7, 11) is 0. The monoisotopic (exact) mass is 286 g/mol. The van der Waals surface area contributed by atoms with Gasteiger partial charge in [0.25, 0.3) is 0 Å². The first kappa shape index (κ1) is 13.6. The molecule has 0 N–H and O–H groups in total. The van der Waals surface area contributed by atoms with E-state index in [0.29, 0.717) is 11.5 Å². The molecule has 21 heavy (non-hydrogen) atoms. The molecule has 8 unspecified atom stereocenters. The van der Waals surface area contributed by atoms with Crippen molar-refractivity contribution < 1.29 is 9.53 Å². The number of rotatable bonds is 4. The van der Waals surface area contributed by atoms with Crippen LogP contribution in [0.25, 0.3) is 0 Å². The van der Waals surface area contributed by atoms with E-state index < -0.39 is 0 Å². The summed E-state index contributed by atoms with van der Waals surface area (Å²) in [6, 6.07) is 0. The first-order valence-electron chi connectivity index (χ1n) is 8.65. The van der Waals surface area contributed by atoms with Gasteiger partial charge in [0, 0.05) is 5.57 Å². The highest BCUT2D eigenvalue weighted by atomic mass is 16.5. The zero-order valence-corrected chi connectivity index (χ0v) is 13.1. The highest BCUT2D eigenvalue weighted by molar-refractivity contribution is 5.87. The van der Waals surface area contributed by atoms with Gasteiger partial charge in [0.2, 0.25) is 0 Å². The third kappa shape index (κ3) is 1.87. The van der Waals surface area contributed by atoms with Crippen molar-refractivity contribution >= 4 is 5.97 Å². The molecule has 4 aliphatic rings. The van der Waals surface area contributed by atoms with Gasteiger partial charge in [-0.15, -0.1) is 0 Å². The van der Waals surface area contributed by atoms with E-state index in [0.717, 1.165) is 41.9 Å². The molecule has 0 aromatic rings. The predicted molar refractivity (Wildman–Crippen MR) is 82.4 cm³/mol. The van der Waals surface area contributed by atoms with Crippen LogP contribution in [0, 0.1) is 41.4 Å². The lowest BCUT2D eigenvalue weighted by atomic mass is 9.68. The van der Waals surface area contributed by atoms with E-state index in [2.05, 4.69) is 25.7 Å². The van der Waals surface area contributed by atoms with Crippen LogP contribution in [0.3, 0.4) is 0 Å². The molecule has 0 aliphatic heterocycles. The summed E-state index contributed by atoms with van der Waals surface area (Å²) in [6.07, 6.45) is 10.1. The minimum atomic E-state index is -0.200. The summed E-state index contributed by atoms with van der Waals surface area (Å²) in [5.74, 6) is 5.62. The Kier molecular flexibility index (Phi) is 3.06. The van der Waals surface area contributed by atoms with E-state index in [9.17, 15) is 4.79 Å². The van der Waals surface area contributed by atoms with Crippen molar-refractivity contribution in [3.05, 3.63) is 24.3 Å². The van der Waals surface area contributed by atoms with E-state index in [1.807, 2.05) is 0 Å². The molecule has 2 nitrogen and oxygen atoms in total. The molecule has 0 saturated heterocycles. The van der Waals surface area contributed by atoms with Gasteiger partial charge >= 0.3 is 5.97 Å². The molecule has 3 fully saturated rings. The van der Waals surface area contributed by atoms with Crippen molar-refractivity contribution in [3.8, 4) is 0 Å².